The molecule has 0 fully saturated rings. The number of sulfone groups is 1. The van der Waals surface area contributed by atoms with E-state index in [1.165, 1.54) is 0 Å². The minimum absolute atomic E-state index is 0.100. The summed E-state index contributed by atoms with van der Waals surface area (Å²) >= 11 is 5.61. The molecular formula is C11H12ClF3N2O3S. The SMILES string of the molecule is CS(=O)(=O)CCCC(=O)Nc1ncc(C(F)(F)F)cc1Cl. The summed E-state index contributed by atoms with van der Waals surface area (Å²) in [5, 5.41) is 1.88. The Morgan fingerprint density at radius 1 is 1.43 bits per heavy atom. The van der Waals surface area contributed by atoms with Crippen molar-refractivity contribution < 1.29 is 26.4 Å². The minimum Gasteiger partial charge on any atom is -0.309 e. The van der Waals surface area contributed by atoms with Gasteiger partial charge in [0, 0.05) is 18.9 Å². The zero-order valence-corrected chi connectivity index (χ0v) is 12.4. The molecule has 0 radical (unpaired) electrons. The van der Waals surface area contributed by atoms with Crippen LogP contribution in [0.25, 0.3) is 0 Å². The molecule has 0 atom stereocenters. The van der Waals surface area contributed by atoms with Crippen molar-refractivity contribution >= 4 is 33.2 Å². The molecule has 1 heterocycles. The number of nitrogens with one attached hydrogen (secondary N) is 1. The lowest BCUT2D eigenvalue weighted by atomic mass is 10.2. The number of anilines is 1. The molecular weight excluding hydrogens is 333 g/mol. The average molecular weight is 345 g/mol. The van der Waals surface area contributed by atoms with E-state index in [1.54, 1.807) is 0 Å². The van der Waals surface area contributed by atoms with Gasteiger partial charge in [-0.1, -0.05) is 11.6 Å². The predicted octanol–water partition coefficient (Wildman–Crippen LogP) is 2.52. The van der Waals surface area contributed by atoms with E-state index in [1.807, 2.05) is 0 Å². The van der Waals surface area contributed by atoms with E-state index in [0.717, 1.165) is 6.26 Å². The molecule has 5 nitrogen and oxygen atoms in total. The summed E-state index contributed by atoms with van der Waals surface area (Å²) in [5.41, 5.74) is -1.03. The minimum atomic E-state index is -4.57. The number of alkyl halides is 3. The van der Waals surface area contributed by atoms with Crippen molar-refractivity contribution in [2.24, 2.45) is 0 Å². The van der Waals surface area contributed by atoms with E-state index in [2.05, 4.69) is 10.3 Å². The molecule has 1 aromatic heterocycles. The maximum absolute atomic E-state index is 12.4. The Kier molecular flexibility index (Phi) is 5.57. The van der Waals surface area contributed by atoms with E-state index < -0.39 is 27.5 Å². The third-order valence-corrected chi connectivity index (χ3v) is 3.66. The normalized spacial score (nSPS) is 12.2. The van der Waals surface area contributed by atoms with Gasteiger partial charge in [-0.25, -0.2) is 13.4 Å². The van der Waals surface area contributed by atoms with Crippen LogP contribution >= 0.6 is 11.6 Å². The number of pyridine rings is 1. The van der Waals surface area contributed by atoms with Gasteiger partial charge in [-0.3, -0.25) is 4.79 Å². The number of carbonyl (C=O) groups is 1. The van der Waals surface area contributed by atoms with Gasteiger partial charge in [-0.05, 0) is 12.5 Å². The van der Waals surface area contributed by atoms with Crippen LogP contribution in [0.3, 0.4) is 0 Å². The van der Waals surface area contributed by atoms with Crippen molar-refractivity contribution in [1.82, 2.24) is 4.98 Å². The van der Waals surface area contributed by atoms with E-state index in [9.17, 15) is 26.4 Å². The zero-order chi connectivity index (χ0) is 16.3. The van der Waals surface area contributed by atoms with Gasteiger partial charge in [0.25, 0.3) is 0 Å². The van der Waals surface area contributed by atoms with Crippen LogP contribution in [0.15, 0.2) is 12.3 Å². The van der Waals surface area contributed by atoms with Gasteiger partial charge >= 0.3 is 6.18 Å². The molecule has 0 spiro atoms. The molecule has 0 saturated heterocycles. The van der Waals surface area contributed by atoms with E-state index in [4.69, 9.17) is 11.6 Å². The second-order valence-corrected chi connectivity index (χ2v) is 7.00. The monoisotopic (exact) mass is 344 g/mol. The third-order valence-electron chi connectivity index (χ3n) is 2.35. The summed E-state index contributed by atoms with van der Waals surface area (Å²) in [6, 6.07) is 0.653. The number of amides is 1. The molecule has 0 aliphatic heterocycles. The summed E-state index contributed by atoms with van der Waals surface area (Å²) in [6.45, 7) is 0. The van der Waals surface area contributed by atoms with Gasteiger partial charge in [0.1, 0.15) is 9.84 Å². The van der Waals surface area contributed by atoms with Crippen LogP contribution in [0.5, 0.6) is 0 Å². The van der Waals surface area contributed by atoms with Gasteiger partial charge in [0.15, 0.2) is 5.82 Å². The van der Waals surface area contributed by atoms with Crippen LogP contribution in [0, 0.1) is 0 Å². The first kappa shape index (κ1) is 17.7. The molecule has 1 aromatic rings. The van der Waals surface area contributed by atoms with Crippen molar-refractivity contribution in [3.8, 4) is 0 Å². The van der Waals surface area contributed by atoms with Crippen LogP contribution in [-0.4, -0.2) is 31.3 Å². The average Bonchev–Trinajstić information content (AvgIpc) is 2.28. The van der Waals surface area contributed by atoms with E-state index in [0.29, 0.717) is 12.3 Å². The molecule has 21 heavy (non-hydrogen) atoms. The number of rotatable bonds is 5. The van der Waals surface area contributed by atoms with E-state index >= 15 is 0 Å². The van der Waals surface area contributed by atoms with Gasteiger partial charge in [0.2, 0.25) is 5.91 Å². The van der Waals surface area contributed by atoms with Crippen molar-refractivity contribution in [1.29, 1.82) is 0 Å². The summed E-state index contributed by atoms with van der Waals surface area (Å²) in [5.74, 6) is -0.934. The lowest BCUT2D eigenvalue weighted by Gasteiger charge is -2.10. The summed E-state index contributed by atoms with van der Waals surface area (Å²) in [6.07, 6.45) is -2.99. The summed E-state index contributed by atoms with van der Waals surface area (Å²) in [7, 11) is -3.17. The number of halogens is 4. The number of aromatic nitrogens is 1. The fourth-order valence-electron chi connectivity index (χ4n) is 1.37. The van der Waals surface area contributed by atoms with Crippen molar-refractivity contribution in [2.45, 2.75) is 19.0 Å². The Hall–Kier alpha value is -1.35. The summed E-state index contributed by atoms with van der Waals surface area (Å²) in [4.78, 5) is 14.9. The van der Waals surface area contributed by atoms with Crippen LogP contribution in [-0.2, 0) is 20.8 Å². The molecule has 0 unspecified atom stereocenters. The molecule has 1 rings (SSSR count). The molecule has 0 aliphatic carbocycles. The summed E-state index contributed by atoms with van der Waals surface area (Å²) < 4.78 is 59.0. The molecule has 0 aromatic carbocycles. The highest BCUT2D eigenvalue weighted by molar-refractivity contribution is 7.90. The predicted molar refractivity (Wildman–Crippen MR) is 71.8 cm³/mol. The smallest absolute Gasteiger partial charge is 0.309 e. The number of hydrogen-bond acceptors (Lipinski definition) is 4. The van der Waals surface area contributed by atoms with Crippen molar-refractivity contribution in [3.05, 3.63) is 22.8 Å². The van der Waals surface area contributed by atoms with Crippen LogP contribution in [0.4, 0.5) is 19.0 Å². The molecule has 1 N–H and O–H groups in total. The number of nitrogens with zero attached hydrogens (tertiary/aromatic N) is 1. The van der Waals surface area contributed by atoms with Crippen LogP contribution in [0.2, 0.25) is 5.02 Å². The van der Waals surface area contributed by atoms with Gasteiger partial charge < -0.3 is 5.32 Å². The molecule has 10 heteroatoms. The fraction of sp³-hybridized carbons (Fsp3) is 0.455. The van der Waals surface area contributed by atoms with E-state index in [-0.39, 0.29) is 29.4 Å². The Balaban J connectivity index is 2.65. The first-order chi connectivity index (χ1) is 9.49. The van der Waals surface area contributed by atoms with Gasteiger partial charge in [-0.2, -0.15) is 13.2 Å². The quantitative estimate of drug-likeness (QED) is 0.890. The zero-order valence-electron chi connectivity index (χ0n) is 10.9. The standard InChI is InChI=1S/C11H12ClF3N2O3S/c1-21(19,20)4-2-3-9(18)17-10-8(12)5-7(6-16-10)11(13,14)15/h5-6H,2-4H2,1H3,(H,16,17,18). The Bertz CT molecular complexity index is 632. The van der Waals surface area contributed by atoms with Crippen LogP contribution < -0.4 is 5.32 Å². The second kappa shape index (κ2) is 6.61. The second-order valence-electron chi connectivity index (χ2n) is 4.33. The highest BCUT2D eigenvalue weighted by Gasteiger charge is 2.31. The van der Waals surface area contributed by atoms with Crippen molar-refractivity contribution in [3.63, 3.8) is 0 Å². The Morgan fingerprint density at radius 2 is 2.05 bits per heavy atom. The largest absolute Gasteiger partial charge is 0.417 e. The highest BCUT2D eigenvalue weighted by atomic mass is 35.5. The molecule has 0 aliphatic rings. The molecule has 118 valence electrons. The number of carbonyl (C=O) groups excluding carboxylic acids is 1. The fourth-order valence-corrected chi connectivity index (χ4v) is 2.26. The maximum Gasteiger partial charge on any atom is 0.417 e. The number of hydrogen-bond donors (Lipinski definition) is 1. The topological polar surface area (TPSA) is 76.1 Å². The first-order valence-electron chi connectivity index (χ1n) is 5.69. The Morgan fingerprint density at radius 3 is 2.52 bits per heavy atom. The van der Waals surface area contributed by atoms with Gasteiger partial charge in [0.05, 0.1) is 16.3 Å². The Labute approximate surface area is 124 Å². The van der Waals surface area contributed by atoms with Crippen LogP contribution in [0.1, 0.15) is 18.4 Å². The highest BCUT2D eigenvalue weighted by Crippen LogP contribution is 2.32. The third kappa shape index (κ3) is 6.30. The van der Waals surface area contributed by atoms with Gasteiger partial charge in [-0.15, -0.1) is 0 Å². The molecule has 1 amide bonds. The maximum atomic E-state index is 12.4. The van der Waals surface area contributed by atoms with Crippen molar-refractivity contribution in [2.75, 3.05) is 17.3 Å². The molecule has 0 saturated carbocycles. The first-order valence-corrected chi connectivity index (χ1v) is 8.13. The molecule has 0 bridgehead atoms. The lowest BCUT2D eigenvalue weighted by Crippen LogP contribution is -2.15. The lowest BCUT2D eigenvalue weighted by molar-refractivity contribution is -0.137.